The molecular weight excluding hydrogens is 286 g/mol. The van der Waals surface area contributed by atoms with E-state index in [1.54, 1.807) is 17.4 Å². The lowest BCUT2D eigenvalue weighted by Gasteiger charge is -2.06. The van der Waals surface area contributed by atoms with Crippen LogP contribution >= 0.6 is 11.3 Å². The summed E-state index contributed by atoms with van der Waals surface area (Å²) in [6.45, 7) is 1.84. The molecule has 0 radical (unpaired) electrons. The maximum atomic E-state index is 12.0. The third-order valence-electron chi connectivity index (χ3n) is 3.60. The Morgan fingerprint density at radius 3 is 2.90 bits per heavy atom. The van der Waals surface area contributed by atoms with Crippen LogP contribution in [0.1, 0.15) is 47.7 Å². The SMILES string of the molecule is Cc1cc(CC(=O)Nc2nc3c(s2)CCCCCC3)on1. The molecule has 0 saturated heterocycles. The van der Waals surface area contributed by atoms with Gasteiger partial charge in [-0.25, -0.2) is 4.98 Å². The number of nitrogens with one attached hydrogen (secondary N) is 1. The standard InChI is InChI=1S/C15H19N3O2S/c1-10-8-11(20-18-10)9-14(19)17-15-16-12-6-4-2-3-5-7-13(12)21-15/h8H,2-7,9H2,1H3,(H,16,17,19). The topological polar surface area (TPSA) is 68.0 Å². The van der Waals surface area contributed by atoms with Crippen LogP contribution < -0.4 is 5.32 Å². The molecule has 0 unspecified atom stereocenters. The Morgan fingerprint density at radius 2 is 2.14 bits per heavy atom. The number of carbonyl (C=O) groups excluding carboxylic acids is 1. The first-order valence-corrected chi connectivity index (χ1v) is 8.23. The first-order chi connectivity index (χ1) is 10.2. The minimum absolute atomic E-state index is 0.104. The molecule has 2 aromatic rings. The van der Waals surface area contributed by atoms with Crippen molar-refractivity contribution in [3.8, 4) is 0 Å². The summed E-state index contributed by atoms with van der Waals surface area (Å²) >= 11 is 1.61. The van der Waals surface area contributed by atoms with Crippen LogP contribution in [0.3, 0.4) is 0 Å². The van der Waals surface area contributed by atoms with Crippen LogP contribution in [0.15, 0.2) is 10.6 Å². The van der Waals surface area contributed by atoms with Crippen LogP contribution in [0.2, 0.25) is 0 Å². The van der Waals surface area contributed by atoms with Crippen LogP contribution in [-0.2, 0) is 24.1 Å². The minimum atomic E-state index is -0.104. The minimum Gasteiger partial charge on any atom is -0.361 e. The van der Waals surface area contributed by atoms with Crippen LogP contribution in [0, 0.1) is 6.92 Å². The number of hydrogen-bond donors (Lipinski definition) is 1. The van der Waals surface area contributed by atoms with E-state index in [9.17, 15) is 4.79 Å². The van der Waals surface area contributed by atoms with E-state index in [-0.39, 0.29) is 12.3 Å². The largest absolute Gasteiger partial charge is 0.361 e. The van der Waals surface area contributed by atoms with Gasteiger partial charge in [0.05, 0.1) is 17.8 Å². The monoisotopic (exact) mass is 305 g/mol. The predicted octanol–water partition coefficient (Wildman–Crippen LogP) is 3.28. The second-order valence-electron chi connectivity index (χ2n) is 5.46. The fraction of sp³-hybridized carbons (Fsp3) is 0.533. The summed E-state index contributed by atoms with van der Waals surface area (Å²) in [4.78, 5) is 17.9. The molecule has 1 amide bonds. The number of aromatic nitrogens is 2. The van der Waals surface area contributed by atoms with E-state index in [1.165, 1.54) is 36.3 Å². The number of carbonyl (C=O) groups is 1. The third-order valence-corrected chi connectivity index (χ3v) is 4.68. The van der Waals surface area contributed by atoms with Crippen molar-refractivity contribution < 1.29 is 9.32 Å². The van der Waals surface area contributed by atoms with Gasteiger partial charge in [0.15, 0.2) is 5.13 Å². The number of aryl methyl sites for hydroxylation is 3. The lowest BCUT2D eigenvalue weighted by molar-refractivity contribution is -0.115. The van der Waals surface area contributed by atoms with Gasteiger partial charge >= 0.3 is 0 Å². The Bertz CT molecular complexity index is 607. The van der Waals surface area contributed by atoms with Crippen molar-refractivity contribution in [2.24, 2.45) is 0 Å². The van der Waals surface area contributed by atoms with Gasteiger partial charge < -0.3 is 9.84 Å². The maximum Gasteiger partial charge on any atom is 0.233 e. The Balaban J connectivity index is 1.64. The zero-order chi connectivity index (χ0) is 14.7. The Morgan fingerprint density at radius 1 is 1.33 bits per heavy atom. The fourth-order valence-corrected chi connectivity index (χ4v) is 3.65. The summed E-state index contributed by atoms with van der Waals surface area (Å²) in [6, 6.07) is 1.78. The molecule has 1 N–H and O–H groups in total. The molecular formula is C15H19N3O2S. The summed E-state index contributed by atoms with van der Waals surface area (Å²) in [5.74, 6) is 0.479. The van der Waals surface area contributed by atoms with Crippen molar-refractivity contribution in [2.75, 3.05) is 5.32 Å². The summed E-state index contributed by atoms with van der Waals surface area (Å²) in [7, 11) is 0. The third kappa shape index (κ3) is 3.69. The molecule has 112 valence electrons. The van der Waals surface area contributed by atoms with E-state index in [0.717, 1.165) is 18.5 Å². The number of fused-ring (bicyclic) bond motifs is 1. The average molecular weight is 305 g/mol. The zero-order valence-electron chi connectivity index (χ0n) is 12.1. The second kappa shape index (κ2) is 6.39. The van der Waals surface area contributed by atoms with Crippen LogP contribution in [0.5, 0.6) is 0 Å². The number of amides is 1. The molecule has 3 rings (SSSR count). The zero-order valence-corrected chi connectivity index (χ0v) is 13.0. The molecule has 1 aliphatic rings. The van der Waals surface area contributed by atoms with Gasteiger partial charge in [0.2, 0.25) is 5.91 Å². The molecule has 2 aromatic heterocycles. The van der Waals surface area contributed by atoms with E-state index in [4.69, 9.17) is 4.52 Å². The molecule has 6 heteroatoms. The molecule has 0 aliphatic heterocycles. The highest BCUT2D eigenvalue weighted by Crippen LogP contribution is 2.28. The van der Waals surface area contributed by atoms with Gasteiger partial charge in [0.1, 0.15) is 5.76 Å². The molecule has 2 heterocycles. The van der Waals surface area contributed by atoms with E-state index in [2.05, 4.69) is 15.5 Å². The molecule has 21 heavy (non-hydrogen) atoms. The molecule has 0 bridgehead atoms. The number of hydrogen-bond acceptors (Lipinski definition) is 5. The van der Waals surface area contributed by atoms with E-state index in [0.29, 0.717) is 10.9 Å². The fourth-order valence-electron chi connectivity index (χ4n) is 2.58. The molecule has 0 spiro atoms. The first-order valence-electron chi connectivity index (χ1n) is 7.41. The van der Waals surface area contributed by atoms with Gasteiger partial charge in [-0.05, 0) is 32.6 Å². The smallest absolute Gasteiger partial charge is 0.233 e. The number of thiazole rings is 1. The molecule has 0 atom stereocenters. The van der Waals surface area contributed by atoms with Crippen molar-refractivity contribution in [2.45, 2.75) is 51.9 Å². The highest BCUT2D eigenvalue weighted by atomic mass is 32.1. The highest BCUT2D eigenvalue weighted by Gasteiger charge is 2.15. The van der Waals surface area contributed by atoms with Gasteiger partial charge in [0.25, 0.3) is 0 Å². The Hall–Kier alpha value is -1.69. The highest BCUT2D eigenvalue weighted by molar-refractivity contribution is 7.15. The predicted molar refractivity (Wildman–Crippen MR) is 81.6 cm³/mol. The van der Waals surface area contributed by atoms with Crippen molar-refractivity contribution in [1.29, 1.82) is 0 Å². The van der Waals surface area contributed by atoms with Crippen molar-refractivity contribution >= 4 is 22.4 Å². The van der Waals surface area contributed by atoms with Crippen LogP contribution in [0.25, 0.3) is 0 Å². The van der Waals surface area contributed by atoms with Crippen LogP contribution in [0.4, 0.5) is 5.13 Å². The van der Waals surface area contributed by atoms with Crippen molar-refractivity contribution in [1.82, 2.24) is 10.1 Å². The summed E-state index contributed by atoms with van der Waals surface area (Å²) in [5.41, 5.74) is 1.96. The number of nitrogens with zero attached hydrogens (tertiary/aromatic N) is 2. The van der Waals surface area contributed by atoms with Gasteiger partial charge in [-0.1, -0.05) is 18.0 Å². The molecule has 0 fully saturated rings. The molecule has 1 aliphatic carbocycles. The summed E-state index contributed by atoms with van der Waals surface area (Å²) < 4.78 is 5.06. The van der Waals surface area contributed by atoms with Gasteiger partial charge in [0, 0.05) is 10.9 Å². The summed E-state index contributed by atoms with van der Waals surface area (Å²) in [6.07, 6.45) is 7.31. The second-order valence-corrected chi connectivity index (χ2v) is 6.55. The molecule has 5 nitrogen and oxygen atoms in total. The van der Waals surface area contributed by atoms with Crippen molar-refractivity contribution in [3.05, 3.63) is 28.1 Å². The van der Waals surface area contributed by atoms with Crippen LogP contribution in [-0.4, -0.2) is 16.0 Å². The lowest BCUT2D eigenvalue weighted by Crippen LogP contribution is -2.13. The van der Waals surface area contributed by atoms with E-state index < -0.39 is 0 Å². The van der Waals surface area contributed by atoms with Gasteiger partial charge in [-0.15, -0.1) is 11.3 Å². The number of anilines is 1. The van der Waals surface area contributed by atoms with Gasteiger partial charge in [-0.2, -0.15) is 0 Å². The van der Waals surface area contributed by atoms with Gasteiger partial charge in [-0.3, -0.25) is 4.79 Å². The first kappa shape index (κ1) is 14.3. The summed E-state index contributed by atoms with van der Waals surface area (Å²) in [5, 5.41) is 7.37. The molecule has 0 aromatic carbocycles. The Labute approximate surface area is 127 Å². The Kier molecular flexibility index (Phi) is 4.34. The van der Waals surface area contributed by atoms with E-state index >= 15 is 0 Å². The van der Waals surface area contributed by atoms with Crippen molar-refractivity contribution in [3.63, 3.8) is 0 Å². The molecule has 0 saturated carbocycles. The lowest BCUT2D eigenvalue weighted by atomic mass is 10.0. The quantitative estimate of drug-likeness (QED) is 0.945. The maximum absolute atomic E-state index is 12.0. The normalized spacial score (nSPS) is 15.1. The average Bonchev–Trinajstić information content (AvgIpc) is 2.96. The number of rotatable bonds is 3. The van der Waals surface area contributed by atoms with E-state index in [1.807, 2.05) is 6.92 Å².